The molecule has 0 saturated heterocycles. The van der Waals surface area contributed by atoms with E-state index in [1.54, 1.807) is 16.7 Å². The summed E-state index contributed by atoms with van der Waals surface area (Å²) >= 11 is 6.40. The van der Waals surface area contributed by atoms with Gasteiger partial charge in [-0.3, -0.25) is 9.36 Å². The van der Waals surface area contributed by atoms with Crippen LogP contribution in [0.2, 0.25) is 5.15 Å². The van der Waals surface area contributed by atoms with Gasteiger partial charge in [0, 0.05) is 12.6 Å². The summed E-state index contributed by atoms with van der Waals surface area (Å²) in [5, 5.41) is 3.42. The van der Waals surface area contributed by atoms with Gasteiger partial charge in [0.1, 0.15) is 10.7 Å². The van der Waals surface area contributed by atoms with E-state index in [-0.39, 0.29) is 22.7 Å². The normalized spacial score (nSPS) is 17.0. The van der Waals surface area contributed by atoms with Crippen molar-refractivity contribution in [3.63, 3.8) is 0 Å². The predicted molar refractivity (Wildman–Crippen MR) is 139 cm³/mol. The van der Waals surface area contributed by atoms with Crippen LogP contribution in [0.5, 0.6) is 0 Å². The number of aromatic nitrogens is 3. The van der Waals surface area contributed by atoms with Crippen LogP contribution in [0.1, 0.15) is 69.2 Å². The van der Waals surface area contributed by atoms with Gasteiger partial charge in [-0.05, 0) is 86.3 Å². The Morgan fingerprint density at radius 2 is 1.77 bits per heavy atom. The highest BCUT2D eigenvalue weighted by molar-refractivity contribution is 7.92. The van der Waals surface area contributed by atoms with Gasteiger partial charge in [-0.25, -0.2) is 18.4 Å². The lowest BCUT2D eigenvalue weighted by molar-refractivity contribution is 0.483. The second-order valence-electron chi connectivity index (χ2n) is 9.73. The third kappa shape index (κ3) is 4.58. The number of aryl methyl sites for hydroxylation is 2. The second-order valence-corrected chi connectivity index (χ2v) is 12.3. The Morgan fingerprint density at radius 1 is 1.06 bits per heavy atom. The first-order valence-electron chi connectivity index (χ1n) is 12.5. The van der Waals surface area contributed by atoms with Gasteiger partial charge in [-0.1, -0.05) is 31.5 Å². The zero-order valence-corrected chi connectivity index (χ0v) is 21.9. The van der Waals surface area contributed by atoms with E-state index in [4.69, 9.17) is 11.6 Å². The summed E-state index contributed by atoms with van der Waals surface area (Å²) in [7, 11) is -3.24. The summed E-state index contributed by atoms with van der Waals surface area (Å²) in [6, 6.07) is 7.24. The van der Waals surface area contributed by atoms with E-state index in [1.807, 2.05) is 26.0 Å². The lowest BCUT2D eigenvalue weighted by Gasteiger charge is -2.19. The molecule has 9 heteroatoms. The van der Waals surface area contributed by atoms with Crippen LogP contribution in [0.15, 0.2) is 34.0 Å². The molecule has 1 aromatic carbocycles. The Kier molecular flexibility index (Phi) is 6.38. The first kappa shape index (κ1) is 24.3. The van der Waals surface area contributed by atoms with Crippen LogP contribution in [0.4, 0.5) is 5.82 Å². The van der Waals surface area contributed by atoms with Crippen molar-refractivity contribution in [2.45, 2.75) is 82.0 Å². The summed E-state index contributed by atoms with van der Waals surface area (Å²) in [6.45, 7) is 6.45. The number of pyridine rings is 1. The van der Waals surface area contributed by atoms with Crippen molar-refractivity contribution in [3.05, 3.63) is 56.5 Å². The Morgan fingerprint density at radius 3 is 2.40 bits per heavy atom. The molecule has 0 radical (unpaired) electrons. The van der Waals surface area contributed by atoms with Crippen molar-refractivity contribution in [1.29, 1.82) is 0 Å². The zero-order chi connectivity index (χ0) is 24.9. The van der Waals surface area contributed by atoms with Gasteiger partial charge in [0.15, 0.2) is 21.3 Å². The minimum Gasteiger partial charge on any atom is -0.361 e. The van der Waals surface area contributed by atoms with E-state index < -0.39 is 9.84 Å². The quantitative estimate of drug-likeness (QED) is 0.400. The molecular formula is C26H31ClN4O3S. The molecule has 186 valence electrons. The number of nitrogens with one attached hydrogen (secondary N) is 1. The van der Waals surface area contributed by atoms with E-state index in [0.29, 0.717) is 40.1 Å². The molecule has 35 heavy (non-hydrogen) atoms. The van der Waals surface area contributed by atoms with Gasteiger partial charge in [-0.15, -0.1) is 0 Å². The van der Waals surface area contributed by atoms with Crippen LogP contribution in [0.25, 0.3) is 11.2 Å². The van der Waals surface area contributed by atoms with E-state index in [9.17, 15) is 13.2 Å². The number of halogens is 1. The number of nitrogens with zero attached hydrogens (tertiary/aromatic N) is 3. The fourth-order valence-corrected chi connectivity index (χ4v) is 6.68. The highest BCUT2D eigenvalue weighted by atomic mass is 35.5. The number of rotatable bonds is 9. The highest BCUT2D eigenvalue weighted by Crippen LogP contribution is 2.40. The van der Waals surface area contributed by atoms with E-state index in [2.05, 4.69) is 22.2 Å². The molecule has 1 unspecified atom stereocenters. The van der Waals surface area contributed by atoms with Crippen molar-refractivity contribution in [3.8, 4) is 0 Å². The van der Waals surface area contributed by atoms with Crippen LogP contribution in [-0.2, 0) is 29.2 Å². The Labute approximate surface area is 210 Å². The van der Waals surface area contributed by atoms with Crippen molar-refractivity contribution >= 4 is 38.4 Å². The third-order valence-corrected chi connectivity index (χ3v) is 9.87. The molecule has 2 aliphatic carbocycles. The van der Waals surface area contributed by atoms with Gasteiger partial charge in [0.05, 0.1) is 10.1 Å². The topological polar surface area (TPSA) is 93.9 Å². The molecular weight excluding hydrogens is 484 g/mol. The minimum atomic E-state index is -3.24. The Hall–Kier alpha value is -2.45. The largest absolute Gasteiger partial charge is 0.361 e. The molecule has 2 aromatic heterocycles. The number of hydrogen-bond acceptors (Lipinski definition) is 6. The lowest BCUT2D eigenvalue weighted by Crippen LogP contribution is -2.29. The Balaban J connectivity index is 1.51. The molecule has 3 aromatic rings. The summed E-state index contributed by atoms with van der Waals surface area (Å²) < 4.78 is 27.1. The minimum absolute atomic E-state index is 0.00251. The van der Waals surface area contributed by atoms with Crippen LogP contribution >= 0.6 is 11.6 Å². The maximum Gasteiger partial charge on any atom is 0.295 e. The molecule has 7 nitrogen and oxygen atoms in total. The van der Waals surface area contributed by atoms with E-state index in [0.717, 1.165) is 48.8 Å². The molecule has 1 atom stereocenters. The number of benzene rings is 1. The zero-order valence-electron chi connectivity index (χ0n) is 20.3. The van der Waals surface area contributed by atoms with Gasteiger partial charge < -0.3 is 5.32 Å². The predicted octanol–water partition coefficient (Wildman–Crippen LogP) is 5.09. The van der Waals surface area contributed by atoms with Crippen molar-refractivity contribution < 1.29 is 8.42 Å². The molecule has 2 fully saturated rings. The second kappa shape index (κ2) is 9.21. The van der Waals surface area contributed by atoms with Crippen LogP contribution in [0.3, 0.4) is 0 Å². The number of sulfone groups is 1. The van der Waals surface area contributed by atoms with Crippen molar-refractivity contribution in [2.24, 2.45) is 5.92 Å². The standard InChI is InChI=1S/C26H31ClN4O3S/c1-4-16-12-21(35(33,34)20-10-11-20)9-8-19(16)14-28-24-26(32)31(15(3)18-6-7-18)25-22(29-24)13-17(5-2)23(27)30-25/h8-9,12-13,15,18,20H,4-7,10-11,14H2,1-3H3,(H,28,29). The molecule has 5 rings (SSSR count). The maximum absolute atomic E-state index is 13.5. The molecule has 0 aliphatic heterocycles. The van der Waals surface area contributed by atoms with Crippen molar-refractivity contribution in [2.75, 3.05) is 5.32 Å². The van der Waals surface area contributed by atoms with Crippen LogP contribution < -0.4 is 10.9 Å². The average molecular weight is 515 g/mol. The highest BCUT2D eigenvalue weighted by Gasteiger charge is 2.37. The average Bonchev–Trinajstić information content (AvgIpc) is 3.74. The maximum atomic E-state index is 13.5. The molecule has 2 aliphatic rings. The van der Waals surface area contributed by atoms with Crippen LogP contribution in [0, 0.1) is 5.92 Å². The third-order valence-electron chi connectivity index (χ3n) is 7.28. The first-order chi connectivity index (χ1) is 16.7. The fraction of sp³-hybridized carbons (Fsp3) is 0.500. The molecule has 1 N–H and O–H groups in total. The summed E-state index contributed by atoms with van der Waals surface area (Å²) in [5.41, 5.74) is 3.74. The smallest absolute Gasteiger partial charge is 0.295 e. The monoisotopic (exact) mass is 514 g/mol. The van der Waals surface area contributed by atoms with Crippen LogP contribution in [-0.4, -0.2) is 28.2 Å². The first-order valence-corrected chi connectivity index (χ1v) is 14.4. The molecule has 0 amide bonds. The van der Waals surface area contributed by atoms with Gasteiger partial charge in [0.2, 0.25) is 0 Å². The molecule has 2 heterocycles. The van der Waals surface area contributed by atoms with Crippen molar-refractivity contribution in [1.82, 2.24) is 14.5 Å². The fourth-order valence-electron chi connectivity index (χ4n) is 4.71. The van der Waals surface area contributed by atoms with E-state index in [1.165, 1.54) is 0 Å². The summed E-state index contributed by atoms with van der Waals surface area (Å²) in [5.74, 6) is 0.720. The molecule has 2 saturated carbocycles. The number of fused-ring (bicyclic) bond motifs is 1. The van der Waals surface area contributed by atoms with Gasteiger partial charge in [-0.2, -0.15) is 0 Å². The summed E-state index contributed by atoms with van der Waals surface area (Å²) in [4.78, 5) is 23.1. The Bertz CT molecular complexity index is 1460. The lowest BCUT2D eigenvalue weighted by atomic mass is 10.1. The van der Waals surface area contributed by atoms with Gasteiger partial charge >= 0.3 is 0 Å². The summed E-state index contributed by atoms with van der Waals surface area (Å²) in [6.07, 6.45) is 5.09. The van der Waals surface area contributed by atoms with Gasteiger partial charge in [0.25, 0.3) is 5.56 Å². The number of anilines is 1. The number of hydrogen-bond donors (Lipinski definition) is 1. The molecule has 0 spiro atoms. The SMILES string of the molecule is CCc1cc(S(=O)(=O)C2CC2)ccc1CNc1nc2cc(CC)c(Cl)nc2n(C(C)C2CC2)c1=O. The van der Waals surface area contributed by atoms with E-state index >= 15 is 0 Å². The molecule has 0 bridgehead atoms.